The zero-order valence-corrected chi connectivity index (χ0v) is 13.6. The summed E-state index contributed by atoms with van der Waals surface area (Å²) in [5.41, 5.74) is 2.08. The van der Waals surface area contributed by atoms with Crippen LogP contribution in [0, 0.1) is 5.82 Å². The second-order valence-corrected chi connectivity index (χ2v) is 7.77. The third-order valence-electron chi connectivity index (χ3n) is 4.18. The van der Waals surface area contributed by atoms with E-state index >= 15 is 0 Å². The van der Waals surface area contributed by atoms with Gasteiger partial charge in [-0.05, 0) is 35.7 Å². The summed E-state index contributed by atoms with van der Waals surface area (Å²) in [4.78, 5) is 4.41. The van der Waals surface area contributed by atoms with Crippen LogP contribution < -0.4 is 4.31 Å². The van der Waals surface area contributed by atoms with Crippen molar-refractivity contribution < 1.29 is 12.8 Å². The highest BCUT2D eigenvalue weighted by atomic mass is 32.2. The molecule has 4 nitrogen and oxygen atoms in total. The fourth-order valence-corrected chi connectivity index (χ4v) is 4.60. The van der Waals surface area contributed by atoms with Crippen molar-refractivity contribution in [3.05, 3.63) is 71.5 Å². The third-order valence-corrected chi connectivity index (χ3v) is 5.91. The van der Waals surface area contributed by atoms with Crippen LogP contribution in [-0.4, -0.2) is 19.9 Å². The molecule has 0 unspecified atom stereocenters. The maximum atomic E-state index is 13.4. The molecule has 6 heteroatoms. The maximum absolute atomic E-state index is 13.4. The van der Waals surface area contributed by atoms with E-state index < -0.39 is 10.0 Å². The van der Waals surface area contributed by atoms with Gasteiger partial charge in [0, 0.05) is 18.0 Å². The Hall–Kier alpha value is -2.47. The zero-order chi connectivity index (χ0) is 16.7. The fraction of sp³-hybridized carbons (Fsp3) is 0.167. The van der Waals surface area contributed by atoms with Crippen LogP contribution >= 0.6 is 0 Å². The molecule has 1 aliphatic rings. The van der Waals surface area contributed by atoms with Crippen molar-refractivity contribution in [2.24, 2.45) is 0 Å². The number of benzene rings is 2. The van der Waals surface area contributed by atoms with Gasteiger partial charge >= 0.3 is 0 Å². The first kappa shape index (κ1) is 15.1. The van der Waals surface area contributed by atoms with Crippen LogP contribution in [0.5, 0.6) is 0 Å². The molecule has 0 spiro atoms. The van der Waals surface area contributed by atoms with Gasteiger partial charge in [0.25, 0.3) is 0 Å². The molecule has 1 aromatic heterocycles. The van der Waals surface area contributed by atoms with Gasteiger partial charge in [-0.15, -0.1) is 0 Å². The average Bonchev–Trinajstić information content (AvgIpc) is 2.97. The molecular weight excluding hydrogens is 327 g/mol. The number of rotatable bonds is 3. The maximum Gasteiger partial charge on any atom is 0.240 e. The number of hydrogen-bond donors (Lipinski definition) is 0. The monoisotopic (exact) mass is 342 g/mol. The van der Waals surface area contributed by atoms with Gasteiger partial charge in [-0.1, -0.05) is 30.3 Å². The van der Waals surface area contributed by atoms with E-state index in [1.54, 1.807) is 18.2 Å². The highest BCUT2D eigenvalue weighted by Crippen LogP contribution is 2.32. The zero-order valence-electron chi connectivity index (χ0n) is 12.8. The summed E-state index contributed by atoms with van der Waals surface area (Å²) in [7, 11) is -3.53. The molecule has 0 amide bonds. The number of nitrogens with zero attached hydrogens (tertiary/aromatic N) is 2. The van der Waals surface area contributed by atoms with E-state index in [2.05, 4.69) is 4.98 Å². The summed E-state index contributed by atoms with van der Waals surface area (Å²) in [6.07, 6.45) is 0.615. The Balaban J connectivity index is 1.75. The molecule has 0 aliphatic carbocycles. The lowest BCUT2D eigenvalue weighted by molar-refractivity contribution is 0.591. The summed E-state index contributed by atoms with van der Waals surface area (Å²) in [5, 5.41) is 0.817. The van der Waals surface area contributed by atoms with E-state index in [0.29, 0.717) is 24.3 Å². The highest BCUT2D eigenvalue weighted by molar-refractivity contribution is 7.92. The summed E-state index contributed by atoms with van der Waals surface area (Å²) >= 11 is 0. The number of hydrogen-bond acceptors (Lipinski definition) is 3. The minimum Gasteiger partial charge on any atom is -0.253 e. The van der Waals surface area contributed by atoms with Crippen molar-refractivity contribution in [3.63, 3.8) is 0 Å². The van der Waals surface area contributed by atoms with E-state index in [-0.39, 0.29) is 11.6 Å². The first-order chi connectivity index (χ1) is 11.5. The second kappa shape index (κ2) is 5.56. The van der Waals surface area contributed by atoms with Crippen LogP contribution in [0.4, 0.5) is 10.2 Å². The quantitative estimate of drug-likeness (QED) is 0.734. The molecular formula is C18H15FN2O2S. The number of aromatic nitrogens is 1. The molecule has 0 radical (unpaired) electrons. The molecule has 0 bridgehead atoms. The van der Waals surface area contributed by atoms with E-state index in [0.717, 1.165) is 16.5 Å². The van der Waals surface area contributed by atoms with Crippen LogP contribution in [0.1, 0.15) is 11.1 Å². The van der Waals surface area contributed by atoms with Gasteiger partial charge in [0.2, 0.25) is 10.0 Å². The SMILES string of the molecule is O=S(=O)(Cc1ccccc1)N1CCc2cc3ccc(F)cc3nc21. The van der Waals surface area contributed by atoms with Crippen LogP contribution in [0.3, 0.4) is 0 Å². The summed E-state index contributed by atoms with van der Waals surface area (Å²) in [6.45, 7) is 0.371. The molecule has 24 heavy (non-hydrogen) atoms. The number of halogens is 1. The Morgan fingerprint density at radius 3 is 2.67 bits per heavy atom. The minimum absolute atomic E-state index is 0.0733. The standard InChI is InChI=1S/C18H15FN2O2S/c19-16-7-6-14-10-15-8-9-21(18(15)20-17(14)11-16)24(22,23)12-13-4-2-1-3-5-13/h1-7,10-11H,8-9,12H2. The van der Waals surface area contributed by atoms with Gasteiger partial charge in [-0.2, -0.15) is 0 Å². The van der Waals surface area contributed by atoms with E-state index in [4.69, 9.17) is 0 Å². The van der Waals surface area contributed by atoms with Gasteiger partial charge < -0.3 is 0 Å². The smallest absolute Gasteiger partial charge is 0.240 e. The lowest BCUT2D eigenvalue weighted by atomic mass is 10.1. The molecule has 0 saturated carbocycles. The molecule has 2 aromatic carbocycles. The Kier molecular flexibility index (Phi) is 3.49. The topological polar surface area (TPSA) is 50.3 Å². The lowest BCUT2D eigenvalue weighted by Gasteiger charge is -2.19. The normalized spacial score (nSPS) is 14.1. The van der Waals surface area contributed by atoms with Gasteiger partial charge in [0.15, 0.2) is 0 Å². The van der Waals surface area contributed by atoms with Crippen molar-refractivity contribution in [2.45, 2.75) is 12.2 Å². The van der Waals surface area contributed by atoms with E-state index in [1.807, 2.05) is 24.3 Å². The van der Waals surface area contributed by atoms with Crippen molar-refractivity contribution in [1.82, 2.24) is 4.98 Å². The van der Waals surface area contributed by atoms with E-state index in [1.165, 1.54) is 16.4 Å². The number of anilines is 1. The summed E-state index contributed by atoms with van der Waals surface area (Å²) < 4.78 is 40.3. The predicted molar refractivity (Wildman–Crippen MR) is 91.8 cm³/mol. The average molecular weight is 342 g/mol. The Bertz CT molecular complexity index is 1020. The van der Waals surface area contributed by atoms with Crippen molar-refractivity contribution in [3.8, 4) is 0 Å². The third kappa shape index (κ3) is 2.63. The molecule has 1 aliphatic heterocycles. The van der Waals surface area contributed by atoms with E-state index in [9.17, 15) is 12.8 Å². The Morgan fingerprint density at radius 2 is 1.88 bits per heavy atom. The second-order valence-electron chi connectivity index (χ2n) is 5.87. The van der Waals surface area contributed by atoms with Crippen molar-refractivity contribution in [2.75, 3.05) is 10.8 Å². The Morgan fingerprint density at radius 1 is 1.08 bits per heavy atom. The molecule has 2 heterocycles. The molecule has 4 rings (SSSR count). The van der Waals surface area contributed by atoms with Crippen LogP contribution in [0.15, 0.2) is 54.6 Å². The number of fused-ring (bicyclic) bond motifs is 2. The van der Waals surface area contributed by atoms with Crippen molar-refractivity contribution in [1.29, 1.82) is 0 Å². The van der Waals surface area contributed by atoms with Gasteiger partial charge in [0.05, 0.1) is 11.3 Å². The number of pyridine rings is 1. The van der Waals surface area contributed by atoms with Crippen LogP contribution in [-0.2, 0) is 22.2 Å². The molecule has 122 valence electrons. The molecule has 0 saturated heterocycles. The lowest BCUT2D eigenvalue weighted by Crippen LogP contribution is -2.30. The Labute approximate surface area is 139 Å². The molecule has 0 fully saturated rings. The van der Waals surface area contributed by atoms with Gasteiger partial charge in [-0.3, -0.25) is 4.31 Å². The summed E-state index contributed by atoms with van der Waals surface area (Å²) in [6, 6.07) is 15.3. The summed E-state index contributed by atoms with van der Waals surface area (Å²) in [5.74, 6) is -0.0356. The molecule has 0 N–H and O–H groups in total. The first-order valence-electron chi connectivity index (χ1n) is 7.66. The predicted octanol–water partition coefficient (Wildman–Crippen LogP) is 3.27. The number of sulfonamides is 1. The van der Waals surface area contributed by atoms with Gasteiger partial charge in [0.1, 0.15) is 11.6 Å². The van der Waals surface area contributed by atoms with Gasteiger partial charge in [-0.25, -0.2) is 17.8 Å². The highest BCUT2D eigenvalue weighted by Gasteiger charge is 2.31. The van der Waals surface area contributed by atoms with Crippen molar-refractivity contribution >= 4 is 26.7 Å². The largest absolute Gasteiger partial charge is 0.253 e. The van der Waals surface area contributed by atoms with Crippen LogP contribution in [0.2, 0.25) is 0 Å². The van der Waals surface area contributed by atoms with Crippen LogP contribution in [0.25, 0.3) is 10.9 Å². The molecule has 3 aromatic rings. The molecule has 0 atom stereocenters. The first-order valence-corrected chi connectivity index (χ1v) is 9.27. The fourth-order valence-electron chi connectivity index (χ4n) is 3.04. The minimum atomic E-state index is -3.53.